The number of thioether (sulfide) groups is 1. The van der Waals surface area contributed by atoms with Crippen LogP contribution in [0, 0.1) is 0 Å². The number of likely N-dealkylation sites (tertiary alicyclic amines) is 1. The van der Waals surface area contributed by atoms with Crippen molar-refractivity contribution >= 4 is 17.7 Å². The summed E-state index contributed by atoms with van der Waals surface area (Å²) in [6.07, 6.45) is 6.77. The minimum absolute atomic E-state index is 0.187. The molecule has 0 bridgehead atoms. The molecule has 0 atom stereocenters. The number of hydrogen-bond donors (Lipinski definition) is 0. The molecule has 3 heterocycles. The Morgan fingerprint density at radius 2 is 2.19 bits per heavy atom. The minimum atomic E-state index is 0.187. The highest BCUT2D eigenvalue weighted by Crippen LogP contribution is 2.18. The van der Waals surface area contributed by atoms with Gasteiger partial charge in [0.15, 0.2) is 5.16 Å². The lowest BCUT2D eigenvalue weighted by Crippen LogP contribution is -2.36. The molecule has 112 valence electrons. The van der Waals surface area contributed by atoms with Gasteiger partial charge in [-0.1, -0.05) is 11.8 Å². The summed E-state index contributed by atoms with van der Waals surface area (Å²) in [5.41, 5.74) is 0. The number of piperidine rings is 1. The molecule has 1 amide bonds. The Labute approximate surface area is 127 Å². The fraction of sp³-hybridized carbons (Fsp3) is 0.500. The first-order chi connectivity index (χ1) is 10.3. The summed E-state index contributed by atoms with van der Waals surface area (Å²) in [7, 11) is 0. The van der Waals surface area contributed by atoms with Crippen molar-refractivity contribution in [3.05, 3.63) is 30.5 Å². The second kappa shape index (κ2) is 6.80. The first-order valence-electron chi connectivity index (χ1n) is 7.14. The van der Waals surface area contributed by atoms with Crippen molar-refractivity contribution in [3.8, 4) is 0 Å². The molecule has 1 fully saturated rings. The van der Waals surface area contributed by atoms with Crippen LogP contribution in [0.5, 0.6) is 0 Å². The zero-order valence-electron chi connectivity index (χ0n) is 11.8. The smallest absolute Gasteiger partial charge is 0.233 e. The molecule has 1 aliphatic rings. The SMILES string of the molecule is O=C(CSc1nncn1Cc1ccco1)N1CCCCC1. The van der Waals surface area contributed by atoms with E-state index in [1.54, 1.807) is 12.6 Å². The van der Waals surface area contributed by atoms with Crippen molar-refractivity contribution in [1.29, 1.82) is 0 Å². The average Bonchev–Trinajstić information content (AvgIpc) is 3.18. The second-order valence-corrected chi connectivity index (χ2v) is 5.99. The molecule has 21 heavy (non-hydrogen) atoms. The summed E-state index contributed by atoms with van der Waals surface area (Å²) < 4.78 is 7.22. The van der Waals surface area contributed by atoms with Gasteiger partial charge in [0.25, 0.3) is 0 Å². The topological polar surface area (TPSA) is 64.2 Å². The Morgan fingerprint density at radius 1 is 1.33 bits per heavy atom. The van der Waals surface area contributed by atoms with Crippen molar-refractivity contribution in [2.75, 3.05) is 18.8 Å². The maximum Gasteiger partial charge on any atom is 0.233 e. The van der Waals surface area contributed by atoms with Crippen LogP contribution < -0.4 is 0 Å². The summed E-state index contributed by atoms with van der Waals surface area (Å²) >= 11 is 1.43. The Kier molecular flexibility index (Phi) is 4.59. The summed E-state index contributed by atoms with van der Waals surface area (Å²) in [5, 5.41) is 8.74. The highest BCUT2D eigenvalue weighted by Gasteiger charge is 2.17. The predicted molar refractivity (Wildman–Crippen MR) is 79.0 cm³/mol. The van der Waals surface area contributed by atoms with Crippen LogP contribution in [0.2, 0.25) is 0 Å². The zero-order valence-corrected chi connectivity index (χ0v) is 12.6. The summed E-state index contributed by atoms with van der Waals surface area (Å²) in [5.74, 6) is 1.45. The predicted octanol–water partition coefficient (Wildman–Crippen LogP) is 2.02. The Bertz CT molecular complexity index is 576. The van der Waals surface area contributed by atoms with Gasteiger partial charge in [0.2, 0.25) is 5.91 Å². The van der Waals surface area contributed by atoms with E-state index < -0.39 is 0 Å². The normalized spacial score (nSPS) is 15.3. The van der Waals surface area contributed by atoms with Gasteiger partial charge < -0.3 is 13.9 Å². The van der Waals surface area contributed by atoms with Crippen LogP contribution in [0.25, 0.3) is 0 Å². The van der Waals surface area contributed by atoms with Crippen LogP contribution in [-0.2, 0) is 11.3 Å². The van der Waals surface area contributed by atoms with Crippen molar-refractivity contribution in [3.63, 3.8) is 0 Å². The molecule has 0 radical (unpaired) electrons. The lowest BCUT2D eigenvalue weighted by molar-refractivity contribution is -0.129. The molecular formula is C14H18N4O2S. The third kappa shape index (κ3) is 3.66. The van der Waals surface area contributed by atoms with Crippen LogP contribution in [0.3, 0.4) is 0 Å². The van der Waals surface area contributed by atoms with E-state index in [9.17, 15) is 4.79 Å². The standard InChI is InChI=1S/C14H18N4O2S/c19-13(17-6-2-1-3-7-17)10-21-14-16-15-11-18(14)9-12-5-4-8-20-12/h4-5,8,11H,1-3,6-7,9-10H2. The summed E-state index contributed by atoms with van der Waals surface area (Å²) in [4.78, 5) is 14.1. The van der Waals surface area contributed by atoms with Gasteiger partial charge in [0.1, 0.15) is 12.1 Å². The van der Waals surface area contributed by atoms with Crippen molar-refractivity contribution in [2.24, 2.45) is 0 Å². The molecule has 7 heteroatoms. The Balaban J connectivity index is 1.55. The number of carbonyl (C=O) groups excluding carboxylic acids is 1. The number of carbonyl (C=O) groups is 1. The van der Waals surface area contributed by atoms with Crippen molar-refractivity contribution in [1.82, 2.24) is 19.7 Å². The number of aromatic nitrogens is 3. The van der Waals surface area contributed by atoms with Gasteiger partial charge in [-0.2, -0.15) is 0 Å². The highest BCUT2D eigenvalue weighted by molar-refractivity contribution is 7.99. The summed E-state index contributed by atoms with van der Waals surface area (Å²) in [6.45, 7) is 2.36. The van der Waals surface area contributed by atoms with E-state index in [2.05, 4.69) is 10.2 Å². The quantitative estimate of drug-likeness (QED) is 0.791. The van der Waals surface area contributed by atoms with Crippen LogP contribution in [0.15, 0.2) is 34.3 Å². The minimum Gasteiger partial charge on any atom is -0.467 e. The fourth-order valence-electron chi connectivity index (χ4n) is 2.40. The molecule has 6 nitrogen and oxygen atoms in total. The Morgan fingerprint density at radius 3 is 2.95 bits per heavy atom. The van der Waals surface area contributed by atoms with E-state index in [0.29, 0.717) is 12.3 Å². The second-order valence-electron chi connectivity index (χ2n) is 5.05. The van der Waals surface area contributed by atoms with Gasteiger partial charge in [0, 0.05) is 13.1 Å². The van der Waals surface area contributed by atoms with Gasteiger partial charge in [-0.15, -0.1) is 10.2 Å². The molecule has 0 aromatic carbocycles. The summed E-state index contributed by atoms with van der Waals surface area (Å²) in [6, 6.07) is 3.76. The van der Waals surface area contributed by atoms with Crippen molar-refractivity contribution < 1.29 is 9.21 Å². The van der Waals surface area contributed by atoms with Gasteiger partial charge in [-0.05, 0) is 31.4 Å². The molecule has 2 aromatic rings. The van der Waals surface area contributed by atoms with E-state index in [1.807, 2.05) is 21.6 Å². The zero-order chi connectivity index (χ0) is 14.5. The maximum absolute atomic E-state index is 12.2. The molecule has 0 aliphatic carbocycles. The third-order valence-electron chi connectivity index (χ3n) is 3.52. The van der Waals surface area contributed by atoms with Gasteiger partial charge in [0.05, 0.1) is 18.6 Å². The third-order valence-corrected chi connectivity index (χ3v) is 4.49. The number of rotatable bonds is 5. The highest BCUT2D eigenvalue weighted by atomic mass is 32.2. The molecule has 0 spiro atoms. The molecule has 3 rings (SSSR count). The molecule has 0 saturated carbocycles. The molecule has 1 aliphatic heterocycles. The van der Waals surface area contributed by atoms with Gasteiger partial charge >= 0.3 is 0 Å². The van der Waals surface area contributed by atoms with Gasteiger partial charge in [-0.3, -0.25) is 4.79 Å². The lowest BCUT2D eigenvalue weighted by atomic mass is 10.1. The van der Waals surface area contributed by atoms with E-state index in [-0.39, 0.29) is 5.91 Å². The van der Waals surface area contributed by atoms with E-state index in [1.165, 1.54) is 18.2 Å². The number of hydrogen-bond acceptors (Lipinski definition) is 5. The monoisotopic (exact) mass is 306 g/mol. The molecular weight excluding hydrogens is 288 g/mol. The largest absolute Gasteiger partial charge is 0.467 e. The fourth-order valence-corrected chi connectivity index (χ4v) is 3.21. The molecule has 2 aromatic heterocycles. The van der Waals surface area contributed by atoms with Crippen LogP contribution in [-0.4, -0.2) is 44.4 Å². The van der Waals surface area contributed by atoms with Crippen molar-refractivity contribution in [2.45, 2.75) is 31.0 Å². The maximum atomic E-state index is 12.2. The first-order valence-corrected chi connectivity index (χ1v) is 8.12. The van der Waals surface area contributed by atoms with Crippen LogP contribution in [0.4, 0.5) is 0 Å². The average molecular weight is 306 g/mol. The molecule has 0 N–H and O–H groups in total. The number of amides is 1. The lowest BCUT2D eigenvalue weighted by Gasteiger charge is -2.26. The van der Waals surface area contributed by atoms with E-state index in [4.69, 9.17) is 4.42 Å². The van der Waals surface area contributed by atoms with Gasteiger partial charge in [-0.25, -0.2) is 0 Å². The molecule has 1 saturated heterocycles. The van der Waals surface area contributed by atoms with Crippen LogP contribution in [0.1, 0.15) is 25.0 Å². The van der Waals surface area contributed by atoms with E-state index in [0.717, 1.165) is 36.8 Å². The van der Waals surface area contributed by atoms with Crippen LogP contribution >= 0.6 is 11.8 Å². The number of furan rings is 1. The number of nitrogens with zero attached hydrogens (tertiary/aromatic N) is 4. The Hall–Kier alpha value is -1.76. The first kappa shape index (κ1) is 14.2. The van der Waals surface area contributed by atoms with E-state index >= 15 is 0 Å². The molecule has 0 unspecified atom stereocenters.